The Kier molecular flexibility index (Phi) is 10.0. The number of hydrogen-bond acceptors (Lipinski definition) is 6. The number of benzene rings is 2. The zero-order valence-electron chi connectivity index (χ0n) is 23.4. The third kappa shape index (κ3) is 8.71. The molecule has 4 N–H and O–H groups in total. The van der Waals surface area contributed by atoms with Crippen molar-refractivity contribution in [1.82, 2.24) is 16.0 Å². The van der Waals surface area contributed by atoms with E-state index in [0.717, 1.165) is 29.7 Å². The van der Waals surface area contributed by atoms with Crippen LogP contribution in [0.1, 0.15) is 57.1 Å². The number of carbonyl (C=O) groups excluding carboxylic acids is 3. The molecular formula is C31H41N3O6. The average Bonchev–Trinajstić information content (AvgIpc) is 3.56. The lowest BCUT2D eigenvalue weighted by Crippen LogP contribution is -2.52. The van der Waals surface area contributed by atoms with Crippen molar-refractivity contribution in [2.75, 3.05) is 13.2 Å². The van der Waals surface area contributed by atoms with E-state index in [9.17, 15) is 19.5 Å². The van der Waals surface area contributed by atoms with E-state index < -0.39 is 29.7 Å². The summed E-state index contributed by atoms with van der Waals surface area (Å²) in [7, 11) is 0. The van der Waals surface area contributed by atoms with Crippen molar-refractivity contribution in [1.29, 1.82) is 0 Å². The second kappa shape index (κ2) is 13.7. The maximum atomic E-state index is 13.1. The zero-order valence-corrected chi connectivity index (χ0v) is 23.4. The molecule has 2 aromatic rings. The highest BCUT2D eigenvalue weighted by atomic mass is 16.6. The van der Waals surface area contributed by atoms with Gasteiger partial charge in [-0.2, -0.15) is 0 Å². The summed E-state index contributed by atoms with van der Waals surface area (Å²) in [5.74, 6) is 0.199. The van der Waals surface area contributed by atoms with E-state index in [1.807, 2.05) is 68.4 Å². The lowest BCUT2D eigenvalue weighted by Gasteiger charge is -2.25. The molecule has 0 aromatic heterocycles. The van der Waals surface area contributed by atoms with Crippen LogP contribution in [0.5, 0.6) is 5.75 Å². The average molecular weight is 552 g/mol. The molecule has 3 unspecified atom stereocenters. The first-order chi connectivity index (χ1) is 19.2. The molecule has 4 rings (SSSR count). The minimum atomic E-state index is -0.815. The number of carbonyl (C=O) groups is 3. The van der Waals surface area contributed by atoms with E-state index in [1.54, 1.807) is 0 Å². The van der Waals surface area contributed by atoms with E-state index in [2.05, 4.69) is 16.0 Å². The van der Waals surface area contributed by atoms with Crippen molar-refractivity contribution in [3.8, 4) is 5.75 Å². The fourth-order valence-corrected chi connectivity index (χ4v) is 5.08. The maximum absolute atomic E-state index is 13.1. The van der Waals surface area contributed by atoms with Gasteiger partial charge >= 0.3 is 6.09 Å². The van der Waals surface area contributed by atoms with Crippen molar-refractivity contribution >= 4 is 17.9 Å². The first-order valence-electron chi connectivity index (χ1n) is 14.2. The van der Waals surface area contributed by atoms with Crippen molar-refractivity contribution < 1.29 is 29.0 Å². The molecule has 2 aromatic carbocycles. The van der Waals surface area contributed by atoms with Crippen molar-refractivity contribution in [3.63, 3.8) is 0 Å². The third-order valence-electron chi connectivity index (χ3n) is 7.40. The van der Waals surface area contributed by atoms with Crippen molar-refractivity contribution in [2.24, 2.45) is 11.8 Å². The maximum Gasteiger partial charge on any atom is 0.408 e. The summed E-state index contributed by atoms with van der Waals surface area (Å²) in [4.78, 5) is 38.0. The van der Waals surface area contributed by atoms with Crippen LogP contribution in [0.4, 0.5) is 4.79 Å². The molecule has 3 atom stereocenters. The first kappa shape index (κ1) is 29.4. The minimum Gasteiger partial charge on any atom is -0.489 e. The van der Waals surface area contributed by atoms with Crippen LogP contribution in [-0.4, -0.2) is 53.9 Å². The van der Waals surface area contributed by atoms with Crippen LogP contribution in [0.15, 0.2) is 54.6 Å². The SMILES string of the molecule is CC(C)CC(NC(=O)OC1(Cc2cccc(OCc3ccccc3)c2)CC1)C(=O)NC(CO)CC1CCNC1=O. The molecule has 2 aliphatic rings. The molecule has 216 valence electrons. The Morgan fingerprint density at radius 3 is 2.48 bits per heavy atom. The monoisotopic (exact) mass is 551 g/mol. The molecule has 0 spiro atoms. The van der Waals surface area contributed by atoms with Gasteiger partial charge in [0, 0.05) is 18.9 Å². The van der Waals surface area contributed by atoms with Crippen molar-refractivity contribution in [2.45, 2.75) is 76.7 Å². The fraction of sp³-hybridized carbons (Fsp3) is 0.516. The van der Waals surface area contributed by atoms with Gasteiger partial charge < -0.3 is 30.5 Å². The Balaban J connectivity index is 1.31. The van der Waals surface area contributed by atoms with Crippen LogP contribution in [0.3, 0.4) is 0 Å². The Hall–Kier alpha value is -3.59. The highest BCUT2D eigenvalue weighted by Crippen LogP contribution is 2.43. The van der Waals surface area contributed by atoms with Crippen LogP contribution in [0.25, 0.3) is 0 Å². The summed E-state index contributed by atoms with van der Waals surface area (Å²) in [6.07, 6.45) is 2.85. The van der Waals surface area contributed by atoms with E-state index >= 15 is 0 Å². The summed E-state index contributed by atoms with van der Waals surface area (Å²) in [5.41, 5.74) is 1.49. The molecular weight excluding hydrogens is 510 g/mol. The van der Waals surface area contributed by atoms with E-state index in [1.165, 1.54) is 0 Å². The van der Waals surface area contributed by atoms with Gasteiger partial charge in [0.15, 0.2) is 0 Å². The number of amides is 3. The topological polar surface area (TPSA) is 126 Å². The normalized spacial score (nSPS) is 18.9. The number of rotatable bonds is 14. The molecule has 1 heterocycles. The number of hydrogen-bond donors (Lipinski definition) is 4. The molecule has 0 bridgehead atoms. The molecule has 2 fully saturated rings. The number of ether oxygens (including phenoxy) is 2. The minimum absolute atomic E-state index is 0.0591. The number of alkyl carbamates (subject to hydrolysis) is 1. The first-order valence-corrected chi connectivity index (χ1v) is 14.2. The Morgan fingerprint density at radius 2 is 1.82 bits per heavy atom. The van der Waals surface area contributed by atoms with E-state index in [4.69, 9.17) is 9.47 Å². The molecule has 1 aliphatic heterocycles. The summed E-state index contributed by atoms with van der Waals surface area (Å²) in [6.45, 7) is 4.72. The number of aliphatic hydroxyl groups is 1. The number of nitrogens with one attached hydrogen (secondary N) is 3. The fourth-order valence-electron chi connectivity index (χ4n) is 5.08. The summed E-state index contributed by atoms with van der Waals surface area (Å²) in [5, 5.41) is 18.2. The van der Waals surface area contributed by atoms with Gasteiger partial charge in [0.2, 0.25) is 11.8 Å². The van der Waals surface area contributed by atoms with Crippen LogP contribution < -0.4 is 20.7 Å². The summed E-state index contributed by atoms with van der Waals surface area (Å²) in [6, 6.07) is 16.4. The lowest BCUT2D eigenvalue weighted by atomic mass is 9.97. The van der Waals surface area contributed by atoms with Crippen LogP contribution in [-0.2, 0) is 27.4 Å². The summed E-state index contributed by atoms with van der Waals surface area (Å²) < 4.78 is 11.8. The molecule has 9 nitrogen and oxygen atoms in total. The predicted octanol–water partition coefficient (Wildman–Crippen LogP) is 3.48. The Morgan fingerprint density at radius 1 is 1.07 bits per heavy atom. The second-order valence-corrected chi connectivity index (χ2v) is 11.4. The van der Waals surface area contributed by atoms with Gasteiger partial charge in [0.25, 0.3) is 0 Å². The summed E-state index contributed by atoms with van der Waals surface area (Å²) >= 11 is 0. The standard InChI is InChI=1S/C31H41N3O6/c1-21(2)15-27(29(37)33-25(19-35)17-24-11-14-32-28(24)36)34-30(38)40-31(12-13-31)18-23-9-6-10-26(16-23)39-20-22-7-4-3-5-8-22/h3-10,16,21,24-25,27,35H,11-15,17-20H2,1-2H3,(H,32,36)(H,33,37)(H,34,38). The Bertz CT molecular complexity index is 1150. The lowest BCUT2D eigenvalue weighted by molar-refractivity contribution is -0.126. The van der Waals surface area contributed by atoms with E-state index in [0.29, 0.717) is 38.8 Å². The van der Waals surface area contributed by atoms with Crippen molar-refractivity contribution in [3.05, 3.63) is 65.7 Å². The van der Waals surface area contributed by atoms with Gasteiger partial charge in [-0.25, -0.2) is 4.79 Å². The number of aliphatic hydroxyl groups excluding tert-OH is 1. The molecule has 1 saturated carbocycles. The molecule has 9 heteroatoms. The van der Waals surface area contributed by atoms with Gasteiger partial charge in [0.05, 0.1) is 12.6 Å². The third-order valence-corrected chi connectivity index (χ3v) is 7.40. The van der Waals surface area contributed by atoms with Crippen LogP contribution in [0.2, 0.25) is 0 Å². The molecule has 0 radical (unpaired) electrons. The molecule has 3 amide bonds. The second-order valence-electron chi connectivity index (χ2n) is 11.4. The van der Waals surface area contributed by atoms with Gasteiger partial charge in [-0.3, -0.25) is 9.59 Å². The highest BCUT2D eigenvalue weighted by molar-refractivity contribution is 5.86. The van der Waals surface area contributed by atoms with Gasteiger partial charge in [-0.1, -0.05) is 56.3 Å². The largest absolute Gasteiger partial charge is 0.489 e. The van der Waals surface area contributed by atoms with Gasteiger partial charge in [-0.15, -0.1) is 0 Å². The molecule has 40 heavy (non-hydrogen) atoms. The predicted molar refractivity (Wildman–Crippen MR) is 150 cm³/mol. The molecule has 1 aliphatic carbocycles. The van der Waals surface area contributed by atoms with Crippen LogP contribution >= 0.6 is 0 Å². The highest BCUT2D eigenvalue weighted by Gasteiger charge is 2.47. The van der Waals surface area contributed by atoms with Crippen LogP contribution in [0, 0.1) is 11.8 Å². The van der Waals surface area contributed by atoms with Gasteiger partial charge in [-0.05, 0) is 61.3 Å². The quantitative estimate of drug-likeness (QED) is 0.285. The Labute approximate surface area is 236 Å². The smallest absolute Gasteiger partial charge is 0.408 e. The van der Waals surface area contributed by atoms with Gasteiger partial charge in [0.1, 0.15) is 24.0 Å². The molecule has 1 saturated heterocycles. The van der Waals surface area contributed by atoms with E-state index in [-0.39, 0.29) is 24.3 Å². The zero-order chi connectivity index (χ0) is 28.5.